The SMILES string of the molecule is CCNC(=NCCCc1c(C)noc1C)NC(C)Cc1ccc(C)s1.I. The van der Waals surface area contributed by atoms with E-state index in [-0.39, 0.29) is 24.0 Å². The van der Waals surface area contributed by atoms with Crippen molar-refractivity contribution in [2.45, 2.75) is 59.9 Å². The van der Waals surface area contributed by atoms with Crippen molar-refractivity contribution in [2.24, 2.45) is 4.99 Å². The minimum absolute atomic E-state index is 0. The number of hydrogen-bond acceptors (Lipinski definition) is 4. The number of thiophene rings is 1. The monoisotopic (exact) mass is 490 g/mol. The van der Waals surface area contributed by atoms with E-state index >= 15 is 0 Å². The number of guanidine groups is 1. The third-order valence-electron chi connectivity index (χ3n) is 4.07. The summed E-state index contributed by atoms with van der Waals surface area (Å²) in [5.41, 5.74) is 2.21. The molecule has 2 N–H and O–H groups in total. The largest absolute Gasteiger partial charge is 0.361 e. The Morgan fingerprint density at radius 2 is 2.08 bits per heavy atom. The third-order valence-corrected chi connectivity index (χ3v) is 5.09. The quantitative estimate of drug-likeness (QED) is 0.249. The zero-order valence-corrected chi connectivity index (χ0v) is 19.5. The molecule has 2 rings (SSSR count). The van der Waals surface area contributed by atoms with Crippen LogP contribution in [0.1, 0.15) is 47.0 Å². The van der Waals surface area contributed by atoms with Crippen LogP contribution in [0.5, 0.6) is 0 Å². The standard InChI is InChI=1S/C19H30N4OS.HI/c1-6-20-19(22-13(2)12-17-10-9-14(3)25-17)21-11-7-8-18-15(4)23-24-16(18)5;/h9-10,13H,6-8,11-12H2,1-5H3,(H2,20,21,22);1H. The molecule has 26 heavy (non-hydrogen) atoms. The number of nitrogens with zero attached hydrogens (tertiary/aromatic N) is 2. The van der Waals surface area contributed by atoms with E-state index in [4.69, 9.17) is 9.52 Å². The first-order valence-corrected chi connectivity index (χ1v) is 9.83. The fourth-order valence-electron chi connectivity index (χ4n) is 2.81. The summed E-state index contributed by atoms with van der Waals surface area (Å²) in [5.74, 6) is 1.81. The molecule has 0 saturated carbocycles. The minimum Gasteiger partial charge on any atom is -0.361 e. The molecule has 5 nitrogen and oxygen atoms in total. The van der Waals surface area contributed by atoms with E-state index in [1.165, 1.54) is 15.3 Å². The van der Waals surface area contributed by atoms with Gasteiger partial charge in [-0.25, -0.2) is 0 Å². The van der Waals surface area contributed by atoms with Crippen molar-refractivity contribution in [1.82, 2.24) is 15.8 Å². The van der Waals surface area contributed by atoms with Crippen LogP contribution in [0.3, 0.4) is 0 Å². The van der Waals surface area contributed by atoms with E-state index in [1.54, 1.807) is 0 Å². The van der Waals surface area contributed by atoms with Gasteiger partial charge < -0.3 is 15.2 Å². The van der Waals surface area contributed by atoms with Crippen LogP contribution in [0.25, 0.3) is 0 Å². The lowest BCUT2D eigenvalue weighted by Gasteiger charge is -2.17. The summed E-state index contributed by atoms with van der Waals surface area (Å²) in [4.78, 5) is 7.48. The van der Waals surface area contributed by atoms with Crippen LogP contribution in [0.15, 0.2) is 21.6 Å². The summed E-state index contributed by atoms with van der Waals surface area (Å²) in [6, 6.07) is 4.74. The van der Waals surface area contributed by atoms with Crippen LogP contribution >= 0.6 is 35.3 Å². The van der Waals surface area contributed by atoms with E-state index in [1.807, 2.05) is 25.2 Å². The van der Waals surface area contributed by atoms with Crippen LogP contribution in [0.4, 0.5) is 0 Å². The molecule has 2 aromatic heterocycles. The maximum absolute atomic E-state index is 5.21. The van der Waals surface area contributed by atoms with Crippen LogP contribution < -0.4 is 10.6 Å². The normalized spacial score (nSPS) is 12.6. The lowest BCUT2D eigenvalue weighted by Crippen LogP contribution is -2.43. The Hall–Kier alpha value is -1.09. The van der Waals surface area contributed by atoms with Gasteiger partial charge in [-0.3, -0.25) is 4.99 Å². The topological polar surface area (TPSA) is 62.5 Å². The molecule has 7 heteroatoms. The van der Waals surface area contributed by atoms with Gasteiger partial charge in [0, 0.05) is 40.9 Å². The smallest absolute Gasteiger partial charge is 0.191 e. The average Bonchev–Trinajstić information content (AvgIpc) is 3.10. The molecule has 0 aliphatic heterocycles. The number of aliphatic imine (C=N–C) groups is 1. The highest BCUT2D eigenvalue weighted by Gasteiger charge is 2.09. The van der Waals surface area contributed by atoms with Gasteiger partial charge in [0.1, 0.15) is 5.76 Å². The second-order valence-corrected chi connectivity index (χ2v) is 7.80. The highest BCUT2D eigenvalue weighted by molar-refractivity contribution is 14.0. The molecule has 2 aromatic rings. The number of hydrogen-bond donors (Lipinski definition) is 2. The molecule has 2 heterocycles. The summed E-state index contributed by atoms with van der Waals surface area (Å²) >= 11 is 1.86. The molecule has 0 aromatic carbocycles. The number of aromatic nitrogens is 1. The van der Waals surface area contributed by atoms with Gasteiger partial charge in [0.25, 0.3) is 0 Å². The zero-order valence-electron chi connectivity index (χ0n) is 16.4. The van der Waals surface area contributed by atoms with E-state index in [0.29, 0.717) is 6.04 Å². The highest BCUT2D eigenvalue weighted by atomic mass is 127. The van der Waals surface area contributed by atoms with E-state index in [0.717, 1.165) is 49.8 Å². The molecule has 0 bridgehead atoms. The predicted octanol–water partition coefficient (Wildman–Crippen LogP) is 4.40. The van der Waals surface area contributed by atoms with Crippen molar-refractivity contribution >= 4 is 41.3 Å². The molecule has 1 atom stereocenters. The minimum atomic E-state index is 0. The Balaban J connectivity index is 0.00000338. The molecule has 0 spiro atoms. The Morgan fingerprint density at radius 3 is 2.65 bits per heavy atom. The highest BCUT2D eigenvalue weighted by Crippen LogP contribution is 2.17. The first kappa shape index (κ1) is 23.0. The van der Waals surface area contributed by atoms with Crippen molar-refractivity contribution in [3.05, 3.63) is 38.9 Å². The van der Waals surface area contributed by atoms with Crippen LogP contribution in [-0.4, -0.2) is 30.2 Å². The Kier molecular flexibility index (Phi) is 10.2. The molecular formula is C19H31IN4OS. The van der Waals surface area contributed by atoms with Gasteiger partial charge in [-0.1, -0.05) is 5.16 Å². The summed E-state index contributed by atoms with van der Waals surface area (Å²) in [6.45, 7) is 12.1. The molecule has 0 radical (unpaired) electrons. The van der Waals surface area contributed by atoms with E-state index in [9.17, 15) is 0 Å². The Labute approximate surface area is 178 Å². The molecule has 0 saturated heterocycles. The fourth-order valence-corrected chi connectivity index (χ4v) is 3.83. The van der Waals surface area contributed by atoms with Gasteiger partial charge in [-0.05, 0) is 59.6 Å². The second-order valence-electron chi connectivity index (χ2n) is 6.43. The maximum Gasteiger partial charge on any atom is 0.191 e. The third kappa shape index (κ3) is 7.26. The molecule has 0 fully saturated rings. The van der Waals surface area contributed by atoms with Crippen molar-refractivity contribution in [1.29, 1.82) is 0 Å². The molecule has 1 unspecified atom stereocenters. The number of aryl methyl sites for hydroxylation is 3. The van der Waals surface area contributed by atoms with Crippen molar-refractivity contribution in [3.8, 4) is 0 Å². The number of halogens is 1. The Morgan fingerprint density at radius 1 is 1.31 bits per heavy atom. The second kappa shape index (κ2) is 11.6. The zero-order chi connectivity index (χ0) is 18.2. The van der Waals surface area contributed by atoms with Gasteiger partial charge in [0.2, 0.25) is 0 Å². The number of rotatable bonds is 8. The van der Waals surface area contributed by atoms with Gasteiger partial charge >= 0.3 is 0 Å². The van der Waals surface area contributed by atoms with Gasteiger partial charge in [-0.15, -0.1) is 35.3 Å². The van der Waals surface area contributed by atoms with Crippen LogP contribution in [0.2, 0.25) is 0 Å². The Bertz CT molecular complexity index is 676. The predicted molar refractivity (Wildman–Crippen MR) is 121 cm³/mol. The number of nitrogens with one attached hydrogen (secondary N) is 2. The van der Waals surface area contributed by atoms with Crippen LogP contribution in [-0.2, 0) is 12.8 Å². The molecular weight excluding hydrogens is 459 g/mol. The summed E-state index contributed by atoms with van der Waals surface area (Å²) in [7, 11) is 0. The molecule has 0 aliphatic carbocycles. The first-order valence-electron chi connectivity index (χ1n) is 9.01. The van der Waals surface area contributed by atoms with Gasteiger partial charge in [0.15, 0.2) is 5.96 Å². The van der Waals surface area contributed by atoms with Crippen molar-refractivity contribution in [2.75, 3.05) is 13.1 Å². The van der Waals surface area contributed by atoms with Crippen molar-refractivity contribution < 1.29 is 4.52 Å². The maximum atomic E-state index is 5.21. The lowest BCUT2D eigenvalue weighted by molar-refractivity contribution is 0.392. The summed E-state index contributed by atoms with van der Waals surface area (Å²) in [5, 5.41) is 10.8. The lowest BCUT2D eigenvalue weighted by atomic mass is 10.1. The summed E-state index contributed by atoms with van der Waals surface area (Å²) in [6.07, 6.45) is 2.95. The fraction of sp³-hybridized carbons (Fsp3) is 0.579. The van der Waals surface area contributed by atoms with E-state index < -0.39 is 0 Å². The van der Waals surface area contributed by atoms with E-state index in [2.05, 4.69) is 48.7 Å². The van der Waals surface area contributed by atoms with Gasteiger partial charge in [-0.2, -0.15) is 0 Å². The summed E-state index contributed by atoms with van der Waals surface area (Å²) < 4.78 is 5.21. The van der Waals surface area contributed by atoms with Crippen LogP contribution in [0, 0.1) is 20.8 Å². The van der Waals surface area contributed by atoms with Gasteiger partial charge in [0.05, 0.1) is 5.69 Å². The molecule has 0 aliphatic rings. The van der Waals surface area contributed by atoms with Crippen molar-refractivity contribution in [3.63, 3.8) is 0 Å². The average molecular weight is 490 g/mol. The molecule has 146 valence electrons. The molecule has 0 amide bonds. The first-order chi connectivity index (χ1) is 12.0.